The van der Waals surface area contributed by atoms with Crippen molar-refractivity contribution in [3.05, 3.63) is 12.3 Å². The first kappa shape index (κ1) is 14.1. The van der Waals surface area contributed by atoms with E-state index in [0.29, 0.717) is 19.1 Å². The lowest BCUT2D eigenvalue weighted by Crippen LogP contribution is -2.37. The fourth-order valence-corrected chi connectivity index (χ4v) is 2.29. The number of likely N-dealkylation sites (N-methyl/N-ethyl adjacent to an activating group) is 1. The summed E-state index contributed by atoms with van der Waals surface area (Å²) in [5.41, 5.74) is 0. The summed E-state index contributed by atoms with van der Waals surface area (Å²) in [5.74, 6) is 0. The highest BCUT2D eigenvalue weighted by Gasteiger charge is 2.15. The minimum Gasteiger partial charge on any atom is -0.302 e. The normalized spacial score (nSPS) is 14.1. The molecule has 1 heterocycles. The van der Waals surface area contributed by atoms with E-state index in [2.05, 4.69) is 33.7 Å². The van der Waals surface area contributed by atoms with Crippen LogP contribution in [-0.4, -0.2) is 49.7 Å². The SMILES string of the molecule is CCC(C)N(C)CCNS(=O)(=O)c1ccn[nH]1. The Bertz CT molecular complexity index is 416. The highest BCUT2D eigenvalue weighted by molar-refractivity contribution is 7.89. The van der Waals surface area contributed by atoms with Gasteiger partial charge in [0.1, 0.15) is 0 Å². The largest absolute Gasteiger partial charge is 0.302 e. The Balaban J connectivity index is 2.42. The molecule has 1 rings (SSSR count). The van der Waals surface area contributed by atoms with Crippen LogP contribution in [-0.2, 0) is 10.0 Å². The van der Waals surface area contributed by atoms with E-state index in [1.54, 1.807) is 0 Å². The van der Waals surface area contributed by atoms with Gasteiger partial charge in [0.15, 0.2) is 5.03 Å². The standard InChI is InChI=1S/C10H20N4O2S/c1-4-9(2)14(3)8-7-12-17(15,16)10-5-6-11-13-10/h5-6,9,12H,4,7-8H2,1-3H3,(H,11,13). The van der Waals surface area contributed by atoms with Gasteiger partial charge in [0.05, 0.1) is 6.20 Å². The van der Waals surface area contributed by atoms with E-state index in [1.807, 2.05) is 7.05 Å². The van der Waals surface area contributed by atoms with Gasteiger partial charge in [0, 0.05) is 19.1 Å². The molecule has 0 aliphatic rings. The fourth-order valence-electron chi connectivity index (χ4n) is 1.36. The first-order chi connectivity index (χ1) is 7.97. The number of sulfonamides is 1. The van der Waals surface area contributed by atoms with Crippen LogP contribution in [0.3, 0.4) is 0 Å². The zero-order chi connectivity index (χ0) is 12.9. The van der Waals surface area contributed by atoms with Crippen molar-refractivity contribution in [1.29, 1.82) is 0 Å². The van der Waals surface area contributed by atoms with Crippen molar-refractivity contribution < 1.29 is 8.42 Å². The van der Waals surface area contributed by atoms with E-state index in [-0.39, 0.29) is 5.03 Å². The van der Waals surface area contributed by atoms with Crippen molar-refractivity contribution in [2.45, 2.75) is 31.3 Å². The van der Waals surface area contributed by atoms with Gasteiger partial charge in [-0.05, 0) is 26.5 Å². The van der Waals surface area contributed by atoms with Crippen LogP contribution in [0, 0.1) is 0 Å². The van der Waals surface area contributed by atoms with Gasteiger partial charge in [0.2, 0.25) is 0 Å². The maximum atomic E-state index is 11.7. The van der Waals surface area contributed by atoms with E-state index < -0.39 is 10.0 Å². The van der Waals surface area contributed by atoms with Crippen LogP contribution in [0.1, 0.15) is 20.3 Å². The monoisotopic (exact) mass is 260 g/mol. The molecule has 0 aliphatic heterocycles. The van der Waals surface area contributed by atoms with Crippen LogP contribution in [0.5, 0.6) is 0 Å². The van der Waals surface area contributed by atoms with Crippen LogP contribution in [0.2, 0.25) is 0 Å². The second kappa shape index (κ2) is 6.13. The van der Waals surface area contributed by atoms with Crippen molar-refractivity contribution in [3.63, 3.8) is 0 Å². The Morgan fingerprint density at radius 1 is 1.59 bits per heavy atom. The number of H-pyrrole nitrogens is 1. The van der Waals surface area contributed by atoms with Gasteiger partial charge in [-0.15, -0.1) is 0 Å². The molecule has 0 saturated carbocycles. The lowest BCUT2D eigenvalue weighted by molar-refractivity contribution is 0.256. The summed E-state index contributed by atoms with van der Waals surface area (Å²) in [6.07, 6.45) is 2.46. The van der Waals surface area contributed by atoms with Gasteiger partial charge in [0.25, 0.3) is 10.0 Å². The molecule has 1 unspecified atom stereocenters. The summed E-state index contributed by atoms with van der Waals surface area (Å²) < 4.78 is 26.0. The number of rotatable bonds is 7. The van der Waals surface area contributed by atoms with Crippen LogP contribution in [0.25, 0.3) is 0 Å². The average molecular weight is 260 g/mol. The molecule has 0 aliphatic carbocycles. The van der Waals surface area contributed by atoms with Crippen LogP contribution >= 0.6 is 0 Å². The van der Waals surface area contributed by atoms with Gasteiger partial charge in [-0.3, -0.25) is 5.10 Å². The van der Waals surface area contributed by atoms with Gasteiger partial charge < -0.3 is 4.90 Å². The van der Waals surface area contributed by atoms with Crippen LogP contribution in [0.4, 0.5) is 0 Å². The smallest absolute Gasteiger partial charge is 0.257 e. The fraction of sp³-hybridized carbons (Fsp3) is 0.700. The summed E-state index contributed by atoms with van der Waals surface area (Å²) in [4.78, 5) is 2.12. The number of nitrogens with one attached hydrogen (secondary N) is 2. The zero-order valence-electron chi connectivity index (χ0n) is 10.5. The molecule has 1 aromatic heterocycles. The number of hydrogen-bond donors (Lipinski definition) is 2. The molecule has 0 saturated heterocycles. The zero-order valence-corrected chi connectivity index (χ0v) is 11.3. The molecule has 0 amide bonds. The van der Waals surface area contributed by atoms with Crippen molar-refractivity contribution in [3.8, 4) is 0 Å². The molecule has 0 bridgehead atoms. The summed E-state index contributed by atoms with van der Waals surface area (Å²) in [6, 6.07) is 1.88. The molecule has 0 radical (unpaired) electrons. The van der Waals surface area contributed by atoms with Crippen molar-refractivity contribution in [2.24, 2.45) is 0 Å². The van der Waals surface area contributed by atoms with E-state index in [9.17, 15) is 8.42 Å². The molecule has 1 atom stereocenters. The molecule has 2 N–H and O–H groups in total. The lowest BCUT2D eigenvalue weighted by Gasteiger charge is -2.23. The average Bonchev–Trinajstić information content (AvgIpc) is 2.81. The summed E-state index contributed by atoms with van der Waals surface area (Å²) in [6.45, 7) is 5.30. The van der Waals surface area contributed by atoms with E-state index in [4.69, 9.17) is 0 Å². The third kappa shape index (κ3) is 4.10. The summed E-state index contributed by atoms with van der Waals surface area (Å²) in [5, 5.41) is 6.15. The number of aromatic nitrogens is 2. The number of nitrogens with zero attached hydrogens (tertiary/aromatic N) is 2. The van der Waals surface area contributed by atoms with E-state index in [0.717, 1.165) is 6.42 Å². The van der Waals surface area contributed by atoms with Gasteiger partial charge >= 0.3 is 0 Å². The maximum absolute atomic E-state index is 11.7. The molecule has 7 heteroatoms. The summed E-state index contributed by atoms with van der Waals surface area (Å²) >= 11 is 0. The Morgan fingerprint density at radius 2 is 2.29 bits per heavy atom. The molecular formula is C10H20N4O2S. The predicted molar refractivity (Wildman–Crippen MR) is 66.2 cm³/mol. The van der Waals surface area contributed by atoms with Gasteiger partial charge in [-0.2, -0.15) is 5.10 Å². The number of hydrogen-bond acceptors (Lipinski definition) is 4. The molecule has 17 heavy (non-hydrogen) atoms. The van der Waals surface area contributed by atoms with Gasteiger partial charge in [-0.25, -0.2) is 13.1 Å². The molecule has 6 nitrogen and oxygen atoms in total. The Labute approximate surface area is 102 Å². The minimum atomic E-state index is -3.44. The topological polar surface area (TPSA) is 78.1 Å². The molecule has 0 fully saturated rings. The first-order valence-corrected chi connectivity index (χ1v) is 7.15. The Hall–Kier alpha value is -0.920. The molecular weight excluding hydrogens is 240 g/mol. The molecule has 0 aromatic carbocycles. The van der Waals surface area contributed by atoms with Gasteiger partial charge in [-0.1, -0.05) is 6.92 Å². The minimum absolute atomic E-state index is 0.101. The van der Waals surface area contributed by atoms with Crippen molar-refractivity contribution in [1.82, 2.24) is 19.8 Å². The van der Waals surface area contributed by atoms with Crippen molar-refractivity contribution in [2.75, 3.05) is 20.1 Å². The first-order valence-electron chi connectivity index (χ1n) is 5.66. The Morgan fingerprint density at radius 3 is 2.82 bits per heavy atom. The summed E-state index contributed by atoms with van der Waals surface area (Å²) in [7, 11) is -1.45. The predicted octanol–water partition coefficient (Wildman–Crippen LogP) is 0.418. The number of aromatic amines is 1. The van der Waals surface area contributed by atoms with Crippen LogP contribution < -0.4 is 4.72 Å². The second-order valence-electron chi connectivity index (χ2n) is 4.06. The van der Waals surface area contributed by atoms with Crippen molar-refractivity contribution >= 4 is 10.0 Å². The lowest BCUT2D eigenvalue weighted by atomic mass is 10.2. The van der Waals surface area contributed by atoms with E-state index in [1.165, 1.54) is 12.3 Å². The third-order valence-electron chi connectivity index (χ3n) is 2.86. The third-order valence-corrected chi connectivity index (χ3v) is 4.26. The highest BCUT2D eigenvalue weighted by atomic mass is 32.2. The molecule has 0 spiro atoms. The van der Waals surface area contributed by atoms with Crippen LogP contribution in [0.15, 0.2) is 17.3 Å². The molecule has 98 valence electrons. The quantitative estimate of drug-likeness (QED) is 0.744. The molecule has 1 aromatic rings. The maximum Gasteiger partial charge on any atom is 0.257 e. The van der Waals surface area contributed by atoms with E-state index >= 15 is 0 Å². The Kier molecular flexibility index (Phi) is 5.10. The highest BCUT2D eigenvalue weighted by Crippen LogP contribution is 2.02. The second-order valence-corrected chi connectivity index (χ2v) is 5.79.